The lowest BCUT2D eigenvalue weighted by Gasteiger charge is -2.21. The molecule has 0 fully saturated rings. The molecule has 67 valence electrons. The van der Waals surface area contributed by atoms with E-state index in [1.807, 2.05) is 0 Å². The smallest absolute Gasteiger partial charge is 0.0213 e. The predicted octanol–water partition coefficient (Wildman–Crippen LogP) is 4.06. The third kappa shape index (κ3) is 5.29. The van der Waals surface area contributed by atoms with Crippen LogP contribution in [0, 0.1) is 17.8 Å². The molecule has 0 heteroatoms. The molecule has 0 heterocycles. The van der Waals surface area contributed by atoms with Gasteiger partial charge in [0.25, 0.3) is 0 Å². The van der Waals surface area contributed by atoms with Crippen LogP contribution in [0.5, 0.6) is 0 Å². The minimum Gasteiger partial charge on any atom is -0.0654 e. The minimum absolute atomic E-state index is 0.789. The fraction of sp³-hybridized carbons (Fsp3) is 0.909. The van der Waals surface area contributed by atoms with Crippen molar-refractivity contribution < 1.29 is 0 Å². The Bertz CT molecular complexity index is 82.0. The molecule has 0 aromatic heterocycles. The summed E-state index contributed by atoms with van der Waals surface area (Å²) in [6.07, 6.45) is 3.96. The van der Waals surface area contributed by atoms with Gasteiger partial charge in [-0.25, -0.2) is 0 Å². The standard InChI is InChI=1S/C11H23/c1-6-7-11(10(4)5)8-9(2)3/h9-10H,6-8H2,1-5H3. The molecule has 0 saturated heterocycles. The molecular weight excluding hydrogens is 132 g/mol. The Balaban J connectivity index is 3.69. The Morgan fingerprint density at radius 2 is 1.64 bits per heavy atom. The molecule has 1 radical (unpaired) electrons. The molecule has 0 aliphatic rings. The van der Waals surface area contributed by atoms with Crippen LogP contribution in [0.3, 0.4) is 0 Å². The molecule has 0 amide bonds. The molecule has 0 aliphatic heterocycles. The van der Waals surface area contributed by atoms with Crippen molar-refractivity contribution in [1.29, 1.82) is 0 Å². The zero-order valence-corrected chi connectivity index (χ0v) is 8.78. The summed E-state index contributed by atoms with van der Waals surface area (Å²) in [6.45, 7) is 11.5. The van der Waals surface area contributed by atoms with E-state index in [0.29, 0.717) is 0 Å². The lowest BCUT2D eigenvalue weighted by Crippen LogP contribution is -2.08. The average molecular weight is 155 g/mol. The molecule has 0 aliphatic carbocycles. The van der Waals surface area contributed by atoms with E-state index in [9.17, 15) is 0 Å². The second-order valence-corrected chi connectivity index (χ2v) is 4.16. The molecule has 11 heavy (non-hydrogen) atoms. The molecule has 0 N–H and O–H groups in total. The van der Waals surface area contributed by atoms with Crippen molar-refractivity contribution in [3.05, 3.63) is 5.92 Å². The summed E-state index contributed by atoms with van der Waals surface area (Å²) in [5, 5.41) is 0. The van der Waals surface area contributed by atoms with Gasteiger partial charge in [-0.05, 0) is 30.6 Å². The number of hydrogen-bond acceptors (Lipinski definition) is 0. The van der Waals surface area contributed by atoms with E-state index < -0.39 is 0 Å². The van der Waals surface area contributed by atoms with Crippen LogP contribution in [0.25, 0.3) is 0 Å². The van der Waals surface area contributed by atoms with Crippen molar-refractivity contribution in [2.24, 2.45) is 11.8 Å². The summed E-state index contributed by atoms with van der Waals surface area (Å²) in [5.74, 6) is 3.37. The zero-order chi connectivity index (χ0) is 8.85. The van der Waals surface area contributed by atoms with E-state index in [0.717, 1.165) is 11.8 Å². The maximum Gasteiger partial charge on any atom is -0.0213 e. The van der Waals surface area contributed by atoms with Crippen molar-refractivity contribution in [2.45, 2.75) is 53.9 Å². The van der Waals surface area contributed by atoms with Crippen molar-refractivity contribution in [3.63, 3.8) is 0 Å². The lowest BCUT2D eigenvalue weighted by molar-refractivity contribution is 0.478. The quantitative estimate of drug-likeness (QED) is 0.561. The van der Waals surface area contributed by atoms with Crippen LogP contribution in [0.1, 0.15) is 53.9 Å². The number of hydrogen-bond donors (Lipinski definition) is 0. The zero-order valence-electron chi connectivity index (χ0n) is 8.78. The summed E-state index contributed by atoms with van der Waals surface area (Å²) in [6, 6.07) is 0. The van der Waals surface area contributed by atoms with Gasteiger partial charge >= 0.3 is 0 Å². The van der Waals surface area contributed by atoms with E-state index in [1.54, 1.807) is 5.92 Å². The molecule has 0 bridgehead atoms. The van der Waals surface area contributed by atoms with E-state index >= 15 is 0 Å². The van der Waals surface area contributed by atoms with Crippen molar-refractivity contribution in [1.82, 2.24) is 0 Å². The van der Waals surface area contributed by atoms with Crippen molar-refractivity contribution >= 4 is 0 Å². The fourth-order valence-electron chi connectivity index (χ4n) is 1.47. The highest BCUT2D eigenvalue weighted by Gasteiger charge is 2.13. The molecule has 0 nitrogen and oxygen atoms in total. The summed E-state index contributed by atoms with van der Waals surface area (Å²) in [5.41, 5.74) is 0. The summed E-state index contributed by atoms with van der Waals surface area (Å²) in [4.78, 5) is 0. The predicted molar refractivity (Wildman–Crippen MR) is 52.4 cm³/mol. The van der Waals surface area contributed by atoms with E-state index in [1.165, 1.54) is 19.3 Å². The topological polar surface area (TPSA) is 0 Å². The molecule has 0 spiro atoms. The van der Waals surface area contributed by atoms with Crippen LogP contribution in [-0.2, 0) is 0 Å². The van der Waals surface area contributed by atoms with Gasteiger partial charge in [0.15, 0.2) is 0 Å². The van der Waals surface area contributed by atoms with Crippen LogP contribution in [-0.4, -0.2) is 0 Å². The lowest BCUT2D eigenvalue weighted by atomic mass is 9.84. The molecule has 0 aromatic rings. The minimum atomic E-state index is 0.789. The maximum absolute atomic E-state index is 2.31. The SMILES string of the molecule is CCC[C](CC(C)C)C(C)C. The Kier molecular flexibility index (Phi) is 5.62. The Morgan fingerprint density at radius 1 is 1.09 bits per heavy atom. The Morgan fingerprint density at radius 3 is 1.91 bits per heavy atom. The van der Waals surface area contributed by atoms with Crippen molar-refractivity contribution in [3.8, 4) is 0 Å². The van der Waals surface area contributed by atoms with Gasteiger partial charge < -0.3 is 0 Å². The van der Waals surface area contributed by atoms with Gasteiger partial charge in [-0.2, -0.15) is 0 Å². The van der Waals surface area contributed by atoms with Crippen molar-refractivity contribution in [2.75, 3.05) is 0 Å². The average Bonchev–Trinajstić information content (AvgIpc) is 1.86. The maximum atomic E-state index is 2.31. The van der Waals surface area contributed by atoms with Gasteiger partial charge in [-0.1, -0.05) is 41.0 Å². The first-order chi connectivity index (χ1) is 5.07. The van der Waals surface area contributed by atoms with Crippen LogP contribution in [0.4, 0.5) is 0 Å². The first-order valence-electron chi connectivity index (χ1n) is 4.92. The third-order valence-electron chi connectivity index (χ3n) is 2.06. The first kappa shape index (κ1) is 11.0. The van der Waals surface area contributed by atoms with Gasteiger partial charge in [0.05, 0.1) is 0 Å². The molecule has 0 saturated carbocycles. The Labute approximate surface area is 72.4 Å². The van der Waals surface area contributed by atoms with Gasteiger partial charge in [-0.3, -0.25) is 0 Å². The Hall–Kier alpha value is 0. The molecule has 0 aromatic carbocycles. The van der Waals surface area contributed by atoms with Gasteiger partial charge in [0, 0.05) is 0 Å². The second kappa shape index (κ2) is 5.62. The monoisotopic (exact) mass is 155 g/mol. The highest BCUT2D eigenvalue weighted by Crippen LogP contribution is 2.26. The van der Waals surface area contributed by atoms with E-state index in [4.69, 9.17) is 0 Å². The number of rotatable bonds is 5. The van der Waals surface area contributed by atoms with Crippen LogP contribution in [0.15, 0.2) is 0 Å². The van der Waals surface area contributed by atoms with E-state index in [-0.39, 0.29) is 0 Å². The van der Waals surface area contributed by atoms with Crippen LogP contribution in [0.2, 0.25) is 0 Å². The summed E-state index contributed by atoms with van der Waals surface area (Å²) >= 11 is 0. The largest absolute Gasteiger partial charge is 0.0654 e. The van der Waals surface area contributed by atoms with Crippen LogP contribution < -0.4 is 0 Å². The molecule has 0 rings (SSSR count). The molecule has 0 atom stereocenters. The van der Waals surface area contributed by atoms with Gasteiger partial charge in [0.2, 0.25) is 0 Å². The first-order valence-corrected chi connectivity index (χ1v) is 4.92. The fourth-order valence-corrected chi connectivity index (χ4v) is 1.47. The van der Waals surface area contributed by atoms with E-state index in [2.05, 4.69) is 34.6 Å². The highest BCUT2D eigenvalue weighted by atomic mass is 14.2. The molecular formula is C11H23. The molecule has 0 unspecified atom stereocenters. The van der Waals surface area contributed by atoms with Gasteiger partial charge in [-0.15, -0.1) is 0 Å². The normalized spacial score (nSPS) is 12.0. The second-order valence-electron chi connectivity index (χ2n) is 4.16. The summed E-state index contributed by atoms with van der Waals surface area (Å²) < 4.78 is 0. The third-order valence-corrected chi connectivity index (χ3v) is 2.06. The summed E-state index contributed by atoms with van der Waals surface area (Å²) in [7, 11) is 0. The van der Waals surface area contributed by atoms with Gasteiger partial charge in [0.1, 0.15) is 0 Å². The highest BCUT2D eigenvalue weighted by molar-refractivity contribution is 4.92. The van der Waals surface area contributed by atoms with Crippen LogP contribution >= 0.6 is 0 Å².